The van der Waals surface area contributed by atoms with Gasteiger partial charge >= 0.3 is 5.97 Å². The van der Waals surface area contributed by atoms with Gasteiger partial charge in [-0.2, -0.15) is 0 Å². The molecule has 0 atom stereocenters. The second-order valence-electron chi connectivity index (χ2n) is 4.26. The minimum absolute atomic E-state index is 0.122. The molecule has 0 unspecified atom stereocenters. The number of hydrogen-bond acceptors (Lipinski definition) is 3. The normalized spacial score (nSPS) is 17.1. The molecule has 0 heterocycles. The highest BCUT2D eigenvalue weighted by atomic mass is 79.9. The number of halogens is 1. The summed E-state index contributed by atoms with van der Waals surface area (Å²) in [4.78, 5) is 24.1. The number of carbonyl (C=O) groups excluding carboxylic acids is 2. The number of hydrogen-bond donors (Lipinski definition) is 0. The zero-order valence-electron chi connectivity index (χ0n) is 9.53. The number of ketones is 1. The van der Waals surface area contributed by atoms with Gasteiger partial charge in [0.15, 0.2) is 5.78 Å². The van der Waals surface area contributed by atoms with Crippen LogP contribution in [0.4, 0.5) is 0 Å². The summed E-state index contributed by atoms with van der Waals surface area (Å²) in [5, 5.41) is 0. The van der Waals surface area contributed by atoms with Crippen LogP contribution < -0.4 is 0 Å². The summed E-state index contributed by atoms with van der Waals surface area (Å²) in [6.45, 7) is 0. The van der Waals surface area contributed by atoms with Crippen LogP contribution in [0.2, 0.25) is 0 Å². The zero-order chi connectivity index (χ0) is 12.5. The number of carbonyl (C=O) groups is 2. The molecule has 1 aliphatic rings. The van der Waals surface area contributed by atoms with E-state index < -0.39 is 11.4 Å². The molecule has 1 fully saturated rings. The third-order valence-corrected chi connectivity index (χ3v) is 3.85. The smallest absolute Gasteiger partial charge is 0.319 e. The number of rotatable bonds is 3. The van der Waals surface area contributed by atoms with Crippen molar-refractivity contribution in [1.82, 2.24) is 0 Å². The van der Waals surface area contributed by atoms with Crippen LogP contribution in [0.15, 0.2) is 28.7 Å². The van der Waals surface area contributed by atoms with Crippen molar-refractivity contribution in [3.05, 3.63) is 34.3 Å². The average Bonchev–Trinajstić information content (AvgIpc) is 2.28. The minimum Gasteiger partial charge on any atom is -0.468 e. The highest BCUT2D eigenvalue weighted by Gasteiger charge is 2.51. The van der Waals surface area contributed by atoms with Gasteiger partial charge in [0.05, 0.1) is 7.11 Å². The predicted molar refractivity (Wildman–Crippen MR) is 66.8 cm³/mol. The molecule has 1 saturated carbocycles. The van der Waals surface area contributed by atoms with E-state index in [0.717, 1.165) is 10.9 Å². The van der Waals surface area contributed by atoms with Gasteiger partial charge in [0.1, 0.15) is 5.41 Å². The van der Waals surface area contributed by atoms with E-state index in [4.69, 9.17) is 4.74 Å². The largest absolute Gasteiger partial charge is 0.468 e. The number of methoxy groups -OCH3 is 1. The molecule has 1 aromatic carbocycles. The average molecular weight is 297 g/mol. The Hall–Kier alpha value is -1.16. The van der Waals surface area contributed by atoms with Gasteiger partial charge in [-0.3, -0.25) is 9.59 Å². The second kappa shape index (κ2) is 4.61. The van der Waals surface area contributed by atoms with Crippen molar-refractivity contribution < 1.29 is 14.3 Å². The van der Waals surface area contributed by atoms with Crippen LogP contribution in [0.25, 0.3) is 0 Å². The van der Waals surface area contributed by atoms with Gasteiger partial charge in [-0.1, -0.05) is 34.5 Å². The highest BCUT2D eigenvalue weighted by molar-refractivity contribution is 9.10. The SMILES string of the molecule is COC(=O)C1(C(=O)c2ccc(Br)cc2)CCC1. The van der Waals surface area contributed by atoms with Crippen molar-refractivity contribution in [2.45, 2.75) is 19.3 Å². The molecule has 1 aliphatic carbocycles. The van der Waals surface area contributed by atoms with Crippen molar-refractivity contribution in [2.75, 3.05) is 7.11 Å². The Morgan fingerprint density at radius 2 is 1.82 bits per heavy atom. The number of benzene rings is 1. The van der Waals surface area contributed by atoms with E-state index in [-0.39, 0.29) is 5.78 Å². The van der Waals surface area contributed by atoms with E-state index >= 15 is 0 Å². The van der Waals surface area contributed by atoms with Gasteiger partial charge in [0.25, 0.3) is 0 Å². The lowest BCUT2D eigenvalue weighted by molar-refractivity contribution is -0.153. The molecule has 0 radical (unpaired) electrons. The highest BCUT2D eigenvalue weighted by Crippen LogP contribution is 2.44. The zero-order valence-corrected chi connectivity index (χ0v) is 11.1. The van der Waals surface area contributed by atoms with E-state index in [1.165, 1.54) is 7.11 Å². The maximum Gasteiger partial charge on any atom is 0.319 e. The Bertz CT molecular complexity index is 446. The quantitative estimate of drug-likeness (QED) is 0.489. The van der Waals surface area contributed by atoms with Gasteiger partial charge < -0.3 is 4.74 Å². The monoisotopic (exact) mass is 296 g/mol. The van der Waals surface area contributed by atoms with E-state index in [1.54, 1.807) is 24.3 Å². The number of Topliss-reactive ketones (excluding diaryl/α,β-unsaturated/α-hetero) is 1. The minimum atomic E-state index is -0.928. The second-order valence-corrected chi connectivity index (χ2v) is 5.18. The summed E-state index contributed by atoms with van der Waals surface area (Å²) in [5.74, 6) is -0.528. The lowest BCUT2D eigenvalue weighted by Crippen LogP contribution is -2.45. The molecule has 0 N–H and O–H groups in total. The lowest BCUT2D eigenvalue weighted by atomic mass is 9.64. The van der Waals surface area contributed by atoms with Crippen molar-refractivity contribution >= 4 is 27.7 Å². The van der Waals surface area contributed by atoms with Crippen LogP contribution in [-0.2, 0) is 9.53 Å². The molecule has 17 heavy (non-hydrogen) atoms. The first-order chi connectivity index (χ1) is 8.10. The molecule has 4 heteroatoms. The van der Waals surface area contributed by atoms with E-state index in [9.17, 15) is 9.59 Å². The number of ether oxygens (including phenoxy) is 1. The molecular weight excluding hydrogens is 284 g/mol. The van der Waals surface area contributed by atoms with Crippen LogP contribution in [-0.4, -0.2) is 18.9 Å². The van der Waals surface area contributed by atoms with E-state index in [1.807, 2.05) is 0 Å². The first kappa shape index (κ1) is 12.3. The van der Waals surface area contributed by atoms with E-state index in [2.05, 4.69) is 15.9 Å². The molecule has 0 amide bonds. The van der Waals surface area contributed by atoms with Crippen molar-refractivity contribution in [3.8, 4) is 0 Å². The fraction of sp³-hybridized carbons (Fsp3) is 0.385. The molecule has 1 aromatic rings. The molecule has 3 nitrogen and oxygen atoms in total. The molecule has 0 bridgehead atoms. The van der Waals surface area contributed by atoms with Crippen molar-refractivity contribution in [3.63, 3.8) is 0 Å². The Morgan fingerprint density at radius 1 is 1.24 bits per heavy atom. The van der Waals surface area contributed by atoms with Gasteiger partial charge in [-0.05, 0) is 25.0 Å². The van der Waals surface area contributed by atoms with Crippen LogP contribution in [0.1, 0.15) is 29.6 Å². The van der Waals surface area contributed by atoms with Crippen molar-refractivity contribution in [2.24, 2.45) is 5.41 Å². The Labute approximate surface area is 108 Å². The van der Waals surface area contributed by atoms with Crippen LogP contribution in [0.5, 0.6) is 0 Å². The fourth-order valence-electron chi connectivity index (χ4n) is 2.13. The third-order valence-electron chi connectivity index (χ3n) is 3.32. The van der Waals surface area contributed by atoms with E-state index in [0.29, 0.717) is 18.4 Å². The fourth-order valence-corrected chi connectivity index (χ4v) is 2.39. The first-order valence-electron chi connectivity index (χ1n) is 5.49. The summed E-state index contributed by atoms with van der Waals surface area (Å²) in [5.41, 5.74) is -0.360. The Kier molecular flexibility index (Phi) is 3.33. The predicted octanol–water partition coefficient (Wildman–Crippen LogP) is 2.98. The molecule has 0 aliphatic heterocycles. The summed E-state index contributed by atoms with van der Waals surface area (Å²) in [7, 11) is 1.33. The van der Waals surface area contributed by atoms with Crippen LogP contribution in [0, 0.1) is 5.41 Å². The Morgan fingerprint density at radius 3 is 2.24 bits per heavy atom. The van der Waals surface area contributed by atoms with Gasteiger partial charge in [-0.25, -0.2) is 0 Å². The topological polar surface area (TPSA) is 43.4 Å². The molecular formula is C13H13BrO3. The van der Waals surface area contributed by atoms with Crippen molar-refractivity contribution in [1.29, 1.82) is 0 Å². The maximum atomic E-state index is 12.3. The summed E-state index contributed by atoms with van der Waals surface area (Å²) < 4.78 is 5.67. The van der Waals surface area contributed by atoms with Crippen LogP contribution in [0.3, 0.4) is 0 Å². The molecule has 0 saturated heterocycles. The molecule has 0 aromatic heterocycles. The molecule has 90 valence electrons. The molecule has 0 spiro atoms. The standard InChI is InChI=1S/C13H13BrO3/c1-17-12(16)13(7-2-8-13)11(15)9-3-5-10(14)6-4-9/h3-6H,2,7-8H2,1H3. The van der Waals surface area contributed by atoms with Gasteiger partial charge in [0, 0.05) is 10.0 Å². The first-order valence-corrected chi connectivity index (χ1v) is 6.28. The maximum absolute atomic E-state index is 12.3. The number of esters is 1. The third kappa shape index (κ3) is 2.02. The van der Waals surface area contributed by atoms with Gasteiger partial charge in [-0.15, -0.1) is 0 Å². The summed E-state index contributed by atoms with van der Waals surface area (Å²) in [6.07, 6.45) is 2.08. The van der Waals surface area contributed by atoms with Crippen LogP contribution >= 0.6 is 15.9 Å². The van der Waals surface area contributed by atoms with Gasteiger partial charge in [0.2, 0.25) is 0 Å². The lowest BCUT2D eigenvalue weighted by Gasteiger charge is -2.37. The summed E-state index contributed by atoms with van der Waals surface area (Å²) in [6, 6.07) is 7.07. The molecule has 2 rings (SSSR count). The summed E-state index contributed by atoms with van der Waals surface area (Å²) >= 11 is 3.32. The Balaban J connectivity index is 2.29.